The first kappa shape index (κ1) is 16.3. The molecule has 2 rings (SSSR count). The molecule has 1 N–H and O–H groups in total. The molecule has 0 radical (unpaired) electrons. The molecule has 0 saturated carbocycles. The van der Waals surface area contributed by atoms with Crippen molar-refractivity contribution in [3.05, 3.63) is 57.0 Å². The molecule has 0 amide bonds. The van der Waals surface area contributed by atoms with Crippen LogP contribution in [0.4, 0.5) is 0 Å². The van der Waals surface area contributed by atoms with Gasteiger partial charge in [-0.1, -0.05) is 34.5 Å². The molecule has 0 aliphatic rings. The molecule has 0 heterocycles. The Morgan fingerprint density at radius 3 is 2.71 bits per heavy atom. The van der Waals surface area contributed by atoms with Crippen molar-refractivity contribution in [2.24, 2.45) is 0 Å². The summed E-state index contributed by atoms with van der Waals surface area (Å²) in [5, 5.41) is 4.10. The highest BCUT2D eigenvalue weighted by Crippen LogP contribution is 2.30. The number of benzene rings is 2. The maximum absolute atomic E-state index is 6.09. The van der Waals surface area contributed by atoms with Crippen LogP contribution in [0.1, 0.15) is 24.5 Å². The van der Waals surface area contributed by atoms with Crippen molar-refractivity contribution in [2.45, 2.75) is 26.8 Å². The highest BCUT2D eigenvalue weighted by molar-refractivity contribution is 9.10. The van der Waals surface area contributed by atoms with E-state index in [1.807, 2.05) is 43.3 Å². The molecule has 0 aliphatic carbocycles. The van der Waals surface area contributed by atoms with Gasteiger partial charge in [0.2, 0.25) is 0 Å². The number of halogens is 2. The van der Waals surface area contributed by atoms with E-state index in [2.05, 4.69) is 28.2 Å². The number of rotatable bonds is 6. The molecule has 0 unspecified atom stereocenters. The predicted molar refractivity (Wildman–Crippen MR) is 92.4 cm³/mol. The van der Waals surface area contributed by atoms with Gasteiger partial charge in [-0.3, -0.25) is 0 Å². The van der Waals surface area contributed by atoms with Gasteiger partial charge < -0.3 is 10.1 Å². The molecule has 0 aromatic heterocycles. The summed E-state index contributed by atoms with van der Waals surface area (Å²) in [4.78, 5) is 0. The highest BCUT2D eigenvalue weighted by Gasteiger charge is 2.07. The van der Waals surface area contributed by atoms with Gasteiger partial charge in [-0.15, -0.1) is 0 Å². The van der Waals surface area contributed by atoms with Gasteiger partial charge in [-0.25, -0.2) is 0 Å². The lowest BCUT2D eigenvalue weighted by Crippen LogP contribution is -2.14. The van der Waals surface area contributed by atoms with E-state index in [9.17, 15) is 0 Å². The van der Waals surface area contributed by atoms with Crippen LogP contribution in [0.2, 0.25) is 5.02 Å². The Bertz CT molecular complexity index is 616. The summed E-state index contributed by atoms with van der Waals surface area (Å²) in [6, 6.07) is 11.7. The van der Waals surface area contributed by atoms with Crippen molar-refractivity contribution in [2.75, 3.05) is 6.54 Å². The third-order valence-corrected chi connectivity index (χ3v) is 4.25. The average molecular weight is 369 g/mol. The standard InChI is InChI=1S/C17H19BrClNO/c1-3-8-20-11-13-10-14(19)4-7-17(13)21-15-5-6-16(18)12(2)9-15/h4-7,9-10,20H,3,8,11H2,1-2H3. The summed E-state index contributed by atoms with van der Waals surface area (Å²) < 4.78 is 7.09. The van der Waals surface area contributed by atoms with Crippen molar-refractivity contribution in [1.82, 2.24) is 5.32 Å². The summed E-state index contributed by atoms with van der Waals surface area (Å²) in [5.41, 5.74) is 2.21. The number of hydrogen-bond acceptors (Lipinski definition) is 2. The monoisotopic (exact) mass is 367 g/mol. The van der Waals surface area contributed by atoms with Crippen molar-refractivity contribution in [1.29, 1.82) is 0 Å². The quantitative estimate of drug-likeness (QED) is 0.660. The Morgan fingerprint density at radius 1 is 1.19 bits per heavy atom. The summed E-state index contributed by atoms with van der Waals surface area (Å²) in [6.45, 7) is 5.91. The van der Waals surface area contributed by atoms with Crippen LogP contribution in [0.3, 0.4) is 0 Å². The smallest absolute Gasteiger partial charge is 0.132 e. The van der Waals surface area contributed by atoms with E-state index in [1.165, 1.54) is 0 Å². The normalized spacial score (nSPS) is 10.7. The SMILES string of the molecule is CCCNCc1cc(Cl)ccc1Oc1ccc(Br)c(C)c1. The molecule has 0 bridgehead atoms. The zero-order valence-corrected chi connectivity index (χ0v) is 14.6. The third kappa shape index (κ3) is 4.73. The molecule has 0 fully saturated rings. The van der Waals surface area contributed by atoms with Gasteiger partial charge in [-0.05, 0) is 61.9 Å². The van der Waals surface area contributed by atoms with E-state index in [-0.39, 0.29) is 0 Å². The molecule has 21 heavy (non-hydrogen) atoms. The van der Waals surface area contributed by atoms with Crippen molar-refractivity contribution in [3.8, 4) is 11.5 Å². The van der Waals surface area contributed by atoms with Crippen LogP contribution >= 0.6 is 27.5 Å². The fraction of sp³-hybridized carbons (Fsp3) is 0.294. The Kier molecular flexibility index (Phi) is 6.09. The van der Waals surface area contributed by atoms with Crippen LogP contribution in [0, 0.1) is 6.92 Å². The van der Waals surface area contributed by atoms with Crippen LogP contribution in [0.5, 0.6) is 11.5 Å². The summed E-state index contributed by atoms with van der Waals surface area (Å²) in [6.07, 6.45) is 1.10. The molecule has 0 atom stereocenters. The number of hydrogen-bond donors (Lipinski definition) is 1. The van der Waals surface area contributed by atoms with Gasteiger partial charge in [-0.2, -0.15) is 0 Å². The second-order valence-corrected chi connectivity index (χ2v) is 6.23. The van der Waals surface area contributed by atoms with Crippen LogP contribution in [0.15, 0.2) is 40.9 Å². The minimum atomic E-state index is 0.725. The van der Waals surface area contributed by atoms with Gasteiger partial charge in [0.25, 0.3) is 0 Å². The summed E-state index contributed by atoms with van der Waals surface area (Å²) in [7, 11) is 0. The molecule has 2 nitrogen and oxygen atoms in total. The van der Waals surface area contributed by atoms with Crippen LogP contribution in [0.25, 0.3) is 0 Å². The first-order valence-corrected chi connectivity index (χ1v) is 8.20. The lowest BCUT2D eigenvalue weighted by Gasteiger charge is -2.13. The molecule has 0 spiro atoms. The van der Waals surface area contributed by atoms with Gasteiger partial charge in [0.05, 0.1) is 0 Å². The summed E-state index contributed by atoms with van der Waals surface area (Å²) >= 11 is 9.59. The Labute approximate surface area is 139 Å². The van der Waals surface area contributed by atoms with Gasteiger partial charge in [0, 0.05) is 21.6 Å². The molecule has 112 valence electrons. The van der Waals surface area contributed by atoms with E-state index < -0.39 is 0 Å². The van der Waals surface area contributed by atoms with Gasteiger partial charge >= 0.3 is 0 Å². The van der Waals surface area contributed by atoms with Crippen LogP contribution in [-0.4, -0.2) is 6.54 Å². The molecular formula is C17H19BrClNO. The van der Waals surface area contributed by atoms with Gasteiger partial charge in [0.15, 0.2) is 0 Å². The van der Waals surface area contributed by atoms with E-state index in [0.29, 0.717) is 0 Å². The van der Waals surface area contributed by atoms with E-state index in [4.69, 9.17) is 16.3 Å². The number of nitrogens with one attached hydrogen (secondary N) is 1. The largest absolute Gasteiger partial charge is 0.457 e. The molecule has 4 heteroatoms. The minimum Gasteiger partial charge on any atom is -0.457 e. The first-order chi connectivity index (χ1) is 10.1. The lowest BCUT2D eigenvalue weighted by molar-refractivity contribution is 0.472. The zero-order chi connectivity index (χ0) is 15.2. The topological polar surface area (TPSA) is 21.3 Å². The van der Waals surface area contributed by atoms with E-state index in [0.717, 1.165) is 51.6 Å². The van der Waals surface area contributed by atoms with Crippen LogP contribution < -0.4 is 10.1 Å². The molecule has 2 aromatic carbocycles. The second kappa shape index (κ2) is 7.83. The Balaban J connectivity index is 2.19. The van der Waals surface area contributed by atoms with Crippen molar-refractivity contribution >= 4 is 27.5 Å². The fourth-order valence-electron chi connectivity index (χ4n) is 1.99. The van der Waals surface area contributed by atoms with Crippen molar-refractivity contribution in [3.63, 3.8) is 0 Å². The first-order valence-electron chi connectivity index (χ1n) is 7.03. The zero-order valence-electron chi connectivity index (χ0n) is 12.2. The maximum Gasteiger partial charge on any atom is 0.132 e. The average Bonchev–Trinajstić information content (AvgIpc) is 2.46. The third-order valence-electron chi connectivity index (χ3n) is 3.12. The second-order valence-electron chi connectivity index (χ2n) is 4.94. The Hall–Kier alpha value is -1.03. The number of ether oxygens (including phenoxy) is 1. The van der Waals surface area contributed by atoms with Gasteiger partial charge in [0.1, 0.15) is 11.5 Å². The maximum atomic E-state index is 6.09. The Morgan fingerprint density at radius 2 is 2.00 bits per heavy atom. The van der Waals surface area contributed by atoms with Crippen molar-refractivity contribution < 1.29 is 4.74 Å². The molecule has 0 saturated heterocycles. The number of aryl methyl sites for hydroxylation is 1. The van der Waals surface area contributed by atoms with E-state index in [1.54, 1.807) is 0 Å². The summed E-state index contributed by atoms with van der Waals surface area (Å²) in [5.74, 6) is 1.67. The van der Waals surface area contributed by atoms with Crippen LogP contribution in [-0.2, 0) is 6.54 Å². The van der Waals surface area contributed by atoms with E-state index >= 15 is 0 Å². The molecule has 2 aromatic rings. The highest BCUT2D eigenvalue weighted by atomic mass is 79.9. The predicted octanol–water partition coefficient (Wildman–Crippen LogP) is 5.70. The lowest BCUT2D eigenvalue weighted by atomic mass is 10.2. The fourth-order valence-corrected chi connectivity index (χ4v) is 2.43. The molecule has 0 aliphatic heterocycles. The minimum absolute atomic E-state index is 0.725. The molecular weight excluding hydrogens is 350 g/mol.